The molecule has 0 aromatic carbocycles. The van der Waals surface area contributed by atoms with Crippen LogP contribution >= 0.6 is 0 Å². The third kappa shape index (κ3) is 0.962. The fourth-order valence-electron chi connectivity index (χ4n) is 3.54. The van der Waals surface area contributed by atoms with Crippen LogP contribution in [0.1, 0.15) is 32.1 Å². The predicted molar refractivity (Wildman–Crippen MR) is 53.7 cm³/mol. The minimum atomic E-state index is 0.597. The summed E-state index contributed by atoms with van der Waals surface area (Å²) in [4.78, 5) is 2.49. The van der Waals surface area contributed by atoms with Crippen molar-refractivity contribution in [1.82, 2.24) is 10.2 Å². The van der Waals surface area contributed by atoms with Crippen molar-refractivity contribution in [1.29, 1.82) is 0 Å². The molecule has 0 aromatic rings. The molecule has 1 atom stereocenters. The Bertz CT molecular complexity index is 226. The molecular formula is C11H20N2. The van der Waals surface area contributed by atoms with Crippen LogP contribution in [-0.2, 0) is 0 Å². The van der Waals surface area contributed by atoms with Crippen LogP contribution in [0, 0.1) is 5.92 Å². The van der Waals surface area contributed by atoms with Crippen molar-refractivity contribution in [3.8, 4) is 0 Å². The number of nitrogens with one attached hydrogen (secondary N) is 1. The van der Waals surface area contributed by atoms with E-state index >= 15 is 0 Å². The Labute approximate surface area is 80.7 Å². The van der Waals surface area contributed by atoms with E-state index in [-0.39, 0.29) is 0 Å². The Morgan fingerprint density at radius 2 is 1.85 bits per heavy atom. The van der Waals surface area contributed by atoms with E-state index in [2.05, 4.69) is 24.3 Å². The van der Waals surface area contributed by atoms with E-state index in [4.69, 9.17) is 0 Å². The molecule has 2 heteroatoms. The van der Waals surface area contributed by atoms with E-state index < -0.39 is 0 Å². The van der Waals surface area contributed by atoms with Crippen molar-refractivity contribution in [3.05, 3.63) is 0 Å². The first kappa shape index (κ1) is 8.25. The summed E-state index contributed by atoms with van der Waals surface area (Å²) in [5.74, 6) is 0.954. The van der Waals surface area contributed by atoms with Crippen LogP contribution in [0.25, 0.3) is 0 Å². The van der Waals surface area contributed by atoms with E-state index in [1.54, 1.807) is 0 Å². The van der Waals surface area contributed by atoms with E-state index in [1.807, 2.05) is 0 Å². The van der Waals surface area contributed by atoms with Crippen LogP contribution in [-0.4, -0.2) is 36.6 Å². The van der Waals surface area contributed by atoms with Crippen LogP contribution in [0.4, 0.5) is 0 Å². The van der Waals surface area contributed by atoms with Crippen LogP contribution in [0.15, 0.2) is 0 Å². The standard InChI is InChI=1S/C11H20N2/c1-13(2)11(6-7-11)9-3-8-12-10(9)4-5-10/h9,12H,3-8H2,1-2H3. The van der Waals surface area contributed by atoms with Crippen molar-refractivity contribution >= 4 is 0 Å². The highest BCUT2D eigenvalue weighted by atomic mass is 15.2. The smallest absolute Gasteiger partial charge is 0.0251 e. The van der Waals surface area contributed by atoms with Gasteiger partial charge in [-0.05, 0) is 58.7 Å². The Morgan fingerprint density at radius 1 is 1.15 bits per heavy atom. The van der Waals surface area contributed by atoms with Crippen molar-refractivity contribution in [2.75, 3.05) is 20.6 Å². The quantitative estimate of drug-likeness (QED) is 0.687. The predicted octanol–water partition coefficient (Wildman–Crippen LogP) is 1.22. The number of nitrogens with zero attached hydrogens (tertiary/aromatic N) is 1. The van der Waals surface area contributed by atoms with Crippen molar-refractivity contribution in [2.24, 2.45) is 5.92 Å². The first-order valence-corrected chi connectivity index (χ1v) is 5.62. The molecule has 2 nitrogen and oxygen atoms in total. The van der Waals surface area contributed by atoms with Gasteiger partial charge in [-0.1, -0.05) is 0 Å². The van der Waals surface area contributed by atoms with Gasteiger partial charge < -0.3 is 10.2 Å². The Hall–Kier alpha value is -0.0800. The van der Waals surface area contributed by atoms with Gasteiger partial charge in [0.1, 0.15) is 0 Å². The molecule has 1 spiro atoms. The number of hydrogen-bond donors (Lipinski definition) is 1. The van der Waals surface area contributed by atoms with Gasteiger partial charge in [-0.25, -0.2) is 0 Å². The van der Waals surface area contributed by atoms with Gasteiger partial charge >= 0.3 is 0 Å². The molecule has 0 aromatic heterocycles. The molecule has 1 heterocycles. The highest BCUT2D eigenvalue weighted by Crippen LogP contribution is 2.60. The maximum atomic E-state index is 3.73. The average molecular weight is 180 g/mol. The molecular weight excluding hydrogens is 160 g/mol. The maximum absolute atomic E-state index is 3.73. The Balaban J connectivity index is 1.84. The lowest BCUT2D eigenvalue weighted by Crippen LogP contribution is -2.45. The zero-order chi connectivity index (χ0) is 9.10. The van der Waals surface area contributed by atoms with E-state index in [1.165, 1.54) is 38.6 Å². The zero-order valence-electron chi connectivity index (χ0n) is 8.77. The van der Waals surface area contributed by atoms with Gasteiger partial charge in [0.25, 0.3) is 0 Å². The largest absolute Gasteiger partial charge is 0.311 e. The molecule has 1 saturated heterocycles. The van der Waals surface area contributed by atoms with Gasteiger partial charge in [0.15, 0.2) is 0 Å². The second kappa shape index (κ2) is 2.29. The van der Waals surface area contributed by atoms with Crippen molar-refractivity contribution in [3.63, 3.8) is 0 Å². The topological polar surface area (TPSA) is 15.3 Å². The molecule has 2 aliphatic carbocycles. The zero-order valence-corrected chi connectivity index (χ0v) is 8.77. The average Bonchev–Trinajstić information content (AvgIpc) is 2.92. The number of rotatable bonds is 2. The number of hydrogen-bond acceptors (Lipinski definition) is 2. The van der Waals surface area contributed by atoms with Crippen LogP contribution in [0.3, 0.4) is 0 Å². The highest BCUT2D eigenvalue weighted by molar-refractivity contribution is 5.22. The van der Waals surface area contributed by atoms with Gasteiger partial charge in [-0.3, -0.25) is 0 Å². The Kier molecular flexibility index (Phi) is 1.45. The molecule has 74 valence electrons. The second-order valence-electron chi connectivity index (χ2n) is 5.42. The van der Waals surface area contributed by atoms with E-state index in [0.717, 1.165) is 5.92 Å². The van der Waals surface area contributed by atoms with E-state index in [0.29, 0.717) is 11.1 Å². The molecule has 2 saturated carbocycles. The molecule has 0 radical (unpaired) electrons. The molecule has 3 aliphatic rings. The SMILES string of the molecule is CN(C)C1(C2CCNC23CC3)CC1. The van der Waals surface area contributed by atoms with Gasteiger partial charge in [-0.15, -0.1) is 0 Å². The first-order valence-electron chi connectivity index (χ1n) is 5.62. The van der Waals surface area contributed by atoms with Crippen LogP contribution < -0.4 is 5.32 Å². The summed E-state index contributed by atoms with van der Waals surface area (Å²) in [7, 11) is 4.53. The second-order valence-corrected chi connectivity index (χ2v) is 5.42. The summed E-state index contributed by atoms with van der Waals surface area (Å²) in [5, 5.41) is 3.73. The minimum Gasteiger partial charge on any atom is -0.311 e. The normalized spacial score (nSPS) is 38.5. The van der Waals surface area contributed by atoms with Crippen molar-refractivity contribution < 1.29 is 0 Å². The highest BCUT2D eigenvalue weighted by Gasteiger charge is 2.64. The fourth-order valence-corrected chi connectivity index (χ4v) is 3.54. The Morgan fingerprint density at radius 3 is 2.31 bits per heavy atom. The monoisotopic (exact) mass is 180 g/mol. The summed E-state index contributed by atoms with van der Waals surface area (Å²) in [6.45, 7) is 1.26. The third-order valence-corrected chi connectivity index (χ3v) is 4.67. The van der Waals surface area contributed by atoms with Gasteiger partial charge in [-0.2, -0.15) is 0 Å². The maximum Gasteiger partial charge on any atom is 0.0251 e. The van der Waals surface area contributed by atoms with Crippen LogP contribution in [0.2, 0.25) is 0 Å². The first-order chi connectivity index (χ1) is 6.20. The molecule has 13 heavy (non-hydrogen) atoms. The molecule has 3 rings (SSSR count). The lowest BCUT2D eigenvalue weighted by molar-refractivity contribution is 0.164. The fraction of sp³-hybridized carbons (Fsp3) is 1.00. The van der Waals surface area contributed by atoms with Gasteiger partial charge in [0.05, 0.1) is 0 Å². The lowest BCUT2D eigenvalue weighted by atomic mass is 9.87. The van der Waals surface area contributed by atoms with Gasteiger partial charge in [0, 0.05) is 11.1 Å². The summed E-state index contributed by atoms with van der Waals surface area (Å²) >= 11 is 0. The summed E-state index contributed by atoms with van der Waals surface area (Å²) < 4.78 is 0. The molecule has 1 N–H and O–H groups in total. The summed E-state index contributed by atoms with van der Waals surface area (Å²) in [6, 6.07) is 0. The van der Waals surface area contributed by atoms with Crippen LogP contribution in [0.5, 0.6) is 0 Å². The molecule has 3 fully saturated rings. The van der Waals surface area contributed by atoms with Crippen molar-refractivity contribution in [2.45, 2.75) is 43.2 Å². The summed E-state index contributed by atoms with van der Waals surface area (Å²) in [6.07, 6.45) is 7.17. The molecule has 1 aliphatic heterocycles. The molecule has 0 amide bonds. The third-order valence-electron chi connectivity index (χ3n) is 4.67. The molecule has 1 unspecified atom stereocenters. The van der Waals surface area contributed by atoms with Gasteiger partial charge in [0.2, 0.25) is 0 Å². The minimum absolute atomic E-state index is 0.597. The molecule has 0 bridgehead atoms. The lowest BCUT2D eigenvalue weighted by Gasteiger charge is -2.34. The van der Waals surface area contributed by atoms with E-state index in [9.17, 15) is 0 Å². The summed E-state index contributed by atoms with van der Waals surface area (Å²) in [5.41, 5.74) is 1.20.